The molecule has 1 aliphatic heterocycles. The first-order valence-electron chi connectivity index (χ1n) is 8.11. The summed E-state index contributed by atoms with van der Waals surface area (Å²) >= 11 is 3.95. The van der Waals surface area contributed by atoms with Gasteiger partial charge in [0.25, 0.3) is 0 Å². The number of para-hydroxylation sites is 1. The van der Waals surface area contributed by atoms with E-state index in [1.54, 1.807) is 0 Å². The van der Waals surface area contributed by atoms with E-state index >= 15 is 0 Å². The molecular weight excluding hydrogens is 336 g/mol. The first-order chi connectivity index (χ1) is 11.7. The molecule has 4 rings (SSSR count). The number of hydrogen-bond acceptors (Lipinski definition) is 5. The molecule has 124 valence electrons. The summed E-state index contributed by atoms with van der Waals surface area (Å²) in [5.41, 5.74) is 4.42. The van der Waals surface area contributed by atoms with Gasteiger partial charge in [0, 0.05) is 25.2 Å². The Morgan fingerprint density at radius 2 is 1.71 bits per heavy atom. The minimum Gasteiger partial charge on any atom is -0.378 e. The summed E-state index contributed by atoms with van der Waals surface area (Å²) in [6.45, 7) is 0. The van der Waals surface area contributed by atoms with Crippen molar-refractivity contribution in [2.45, 2.75) is 10.5 Å². The maximum atomic E-state index is 5.63. The van der Waals surface area contributed by atoms with E-state index in [0.29, 0.717) is 0 Å². The van der Waals surface area contributed by atoms with Crippen LogP contribution < -0.4 is 4.90 Å². The van der Waals surface area contributed by atoms with Crippen LogP contribution in [0.1, 0.15) is 17.7 Å². The number of hydrogen-bond donors (Lipinski definition) is 0. The lowest BCUT2D eigenvalue weighted by Crippen LogP contribution is -2.25. The van der Waals surface area contributed by atoms with Crippen LogP contribution in [0.5, 0.6) is 0 Å². The average Bonchev–Trinajstić information content (AvgIpc) is 3.07. The quantitative estimate of drug-likeness (QED) is 0.661. The third-order valence-corrected chi connectivity index (χ3v) is 7.72. The third kappa shape index (κ3) is 2.60. The van der Waals surface area contributed by atoms with Gasteiger partial charge in [-0.1, -0.05) is 29.4 Å². The Labute approximate surface area is 150 Å². The number of fused-ring (bicyclic) bond motifs is 1. The number of nitrogens with zero attached hydrogens (tertiary/aromatic N) is 2. The zero-order chi connectivity index (χ0) is 16.6. The molecule has 3 nitrogen and oxygen atoms in total. The standard InChI is InChI=1S/C19H20N2OS2/c1-21(2)15-10-8-14(9-11-15)19(23-12-5-13-24-19)18-16-6-3-4-7-17(16)22-20-18/h3-4,6-11H,5,12-13H2,1-2H3. The second-order valence-corrected chi connectivity index (χ2v) is 9.01. The molecule has 0 atom stereocenters. The number of rotatable bonds is 3. The van der Waals surface area contributed by atoms with E-state index < -0.39 is 0 Å². The van der Waals surface area contributed by atoms with E-state index in [1.807, 2.05) is 35.7 Å². The van der Waals surface area contributed by atoms with Gasteiger partial charge in [-0.15, -0.1) is 23.5 Å². The highest BCUT2D eigenvalue weighted by atomic mass is 32.2. The van der Waals surface area contributed by atoms with E-state index in [2.05, 4.69) is 60.6 Å². The van der Waals surface area contributed by atoms with Crippen LogP contribution in [0.3, 0.4) is 0 Å². The van der Waals surface area contributed by atoms with Crippen molar-refractivity contribution in [1.29, 1.82) is 0 Å². The average molecular weight is 357 g/mol. The highest BCUT2D eigenvalue weighted by molar-refractivity contribution is 8.18. The Hall–Kier alpha value is -1.59. The van der Waals surface area contributed by atoms with Crippen molar-refractivity contribution in [3.8, 4) is 0 Å². The van der Waals surface area contributed by atoms with E-state index in [1.165, 1.54) is 17.7 Å². The summed E-state index contributed by atoms with van der Waals surface area (Å²) in [6, 6.07) is 17.0. The van der Waals surface area contributed by atoms with E-state index in [-0.39, 0.29) is 4.08 Å². The molecule has 1 fully saturated rings. The summed E-state index contributed by atoms with van der Waals surface area (Å²) < 4.78 is 5.44. The Bertz CT molecular complexity index is 836. The van der Waals surface area contributed by atoms with Crippen molar-refractivity contribution in [3.05, 3.63) is 59.8 Å². The summed E-state index contributed by atoms with van der Waals surface area (Å²) in [5, 5.41) is 5.62. The fourth-order valence-corrected chi connectivity index (χ4v) is 6.42. The molecule has 2 aromatic carbocycles. The normalized spacial score (nSPS) is 17.1. The predicted octanol–water partition coefficient (Wildman–Crippen LogP) is 4.97. The van der Waals surface area contributed by atoms with Gasteiger partial charge in [-0.2, -0.15) is 0 Å². The molecule has 1 aromatic heterocycles. The van der Waals surface area contributed by atoms with Gasteiger partial charge in [-0.3, -0.25) is 0 Å². The van der Waals surface area contributed by atoms with Gasteiger partial charge >= 0.3 is 0 Å². The minimum atomic E-state index is -0.185. The molecule has 0 bridgehead atoms. The Morgan fingerprint density at radius 1 is 1.00 bits per heavy atom. The third-order valence-electron chi connectivity index (χ3n) is 4.35. The van der Waals surface area contributed by atoms with E-state index in [0.717, 1.165) is 28.2 Å². The van der Waals surface area contributed by atoms with Crippen molar-refractivity contribution in [2.75, 3.05) is 30.5 Å². The molecule has 24 heavy (non-hydrogen) atoms. The SMILES string of the molecule is CN(C)c1ccc(C2(c3noc4ccccc34)SCCCS2)cc1. The first kappa shape index (κ1) is 15.9. The van der Waals surface area contributed by atoms with Gasteiger partial charge in [0.2, 0.25) is 0 Å². The second kappa shape index (κ2) is 6.37. The molecule has 0 N–H and O–H groups in total. The summed E-state index contributed by atoms with van der Waals surface area (Å²) in [5.74, 6) is 2.28. The van der Waals surface area contributed by atoms with Crippen LogP contribution in [0.4, 0.5) is 5.69 Å². The van der Waals surface area contributed by atoms with Gasteiger partial charge in [-0.05, 0) is 47.8 Å². The maximum Gasteiger partial charge on any atom is 0.167 e. The summed E-state index contributed by atoms with van der Waals surface area (Å²) in [4.78, 5) is 2.13. The van der Waals surface area contributed by atoms with E-state index in [4.69, 9.17) is 4.52 Å². The molecule has 3 aromatic rings. The van der Waals surface area contributed by atoms with Gasteiger partial charge in [0.1, 0.15) is 9.77 Å². The molecule has 2 heterocycles. The number of anilines is 1. The fraction of sp³-hybridized carbons (Fsp3) is 0.316. The van der Waals surface area contributed by atoms with Crippen molar-refractivity contribution >= 4 is 40.2 Å². The van der Waals surface area contributed by atoms with E-state index in [9.17, 15) is 0 Å². The van der Waals surface area contributed by atoms with Crippen LogP contribution in [-0.2, 0) is 4.08 Å². The van der Waals surface area contributed by atoms with Gasteiger partial charge in [0.15, 0.2) is 5.58 Å². The first-order valence-corrected chi connectivity index (χ1v) is 10.1. The molecular formula is C19H20N2OS2. The van der Waals surface area contributed by atoms with Crippen LogP contribution in [0, 0.1) is 0 Å². The second-order valence-electron chi connectivity index (χ2n) is 6.14. The fourth-order valence-electron chi connectivity index (χ4n) is 3.07. The molecule has 0 radical (unpaired) electrons. The molecule has 0 spiro atoms. The molecule has 0 saturated carbocycles. The van der Waals surface area contributed by atoms with Crippen LogP contribution in [0.2, 0.25) is 0 Å². The topological polar surface area (TPSA) is 29.3 Å². The van der Waals surface area contributed by atoms with Crippen molar-refractivity contribution < 1.29 is 4.52 Å². The lowest BCUT2D eigenvalue weighted by atomic mass is 10.0. The maximum absolute atomic E-state index is 5.63. The minimum absolute atomic E-state index is 0.185. The molecule has 0 amide bonds. The largest absolute Gasteiger partial charge is 0.378 e. The Kier molecular flexibility index (Phi) is 4.22. The Morgan fingerprint density at radius 3 is 2.42 bits per heavy atom. The molecule has 0 unspecified atom stereocenters. The van der Waals surface area contributed by atoms with Crippen molar-refractivity contribution in [2.24, 2.45) is 0 Å². The van der Waals surface area contributed by atoms with Gasteiger partial charge in [0.05, 0.1) is 0 Å². The predicted molar refractivity (Wildman–Crippen MR) is 105 cm³/mol. The van der Waals surface area contributed by atoms with Crippen LogP contribution in [0.15, 0.2) is 53.1 Å². The zero-order valence-corrected chi connectivity index (χ0v) is 15.5. The van der Waals surface area contributed by atoms with Crippen LogP contribution in [-0.4, -0.2) is 30.8 Å². The number of thioether (sulfide) groups is 2. The van der Waals surface area contributed by atoms with Crippen molar-refractivity contribution in [1.82, 2.24) is 5.16 Å². The summed E-state index contributed by atoms with van der Waals surface area (Å²) in [6.07, 6.45) is 1.24. The smallest absolute Gasteiger partial charge is 0.167 e. The number of benzene rings is 2. The summed E-state index contributed by atoms with van der Waals surface area (Å²) in [7, 11) is 4.14. The zero-order valence-electron chi connectivity index (χ0n) is 13.9. The van der Waals surface area contributed by atoms with Gasteiger partial charge in [-0.25, -0.2) is 0 Å². The highest BCUT2D eigenvalue weighted by Crippen LogP contribution is 2.55. The molecule has 1 saturated heterocycles. The van der Waals surface area contributed by atoms with Crippen molar-refractivity contribution in [3.63, 3.8) is 0 Å². The van der Waals surface area contributed by atoms with Crippen LogP contribution >= 0.6 is 23.5 Å². The Balaban J connectivity index is 1.86. The molecule has 0 aliphatic carbocycles. The number of aromatic nitrogens is 1. The van der Waals surface area contributed by atoms with Gasteiger partial charge < -0.3 is 9.42 Å². The monoisotopic (exact) mass is 356 g/mol. The lowest BCUT2D eigenvalue weighted by Gasteiger charge is -2.35. The molecule has 1 aliphatic rings. The lowest BCUT2D eigenvalue weighted by molar-refractivity contribution is 0.445. The van der Waals surface area contributed by atoms with Crippen LogP contribution in [0.25, 0.3) is 11.0 Å². The highest BCUT2D eigenvalue weighted by Gasteiger charge is 2.41. The molecule has 5 heteroatoms.